The van der Waals surface area contributed by atoms with Crippen LogP contribution in [-0.4, -0.2) is 23.6 Å². The van der Waals surface area contributed by atoms with Crippen molar-refractivity contribution in [3.05, 3.63) is 22.2 Å². The zero-order chi connectivity index (χ0) is 13.7. The van der Waals surface area contributed by atoms with Crippen molar-refractivity contribution in [2.24, 2.45) is 0 Å². The van der Waals surface area contributed by atoms with Gasteiger partial charge in [0.2, 0.25) is 11.8 Å². The lowest BCUT2D eigenvalue weighted by Gasteiger charge is -2.11. The Labute approximate surface area is 124 Å². The molecule has 0 atom stereocenters. The number of rotatable bonds is 4. The standard InChI is InChI=1S/C10H8Cl4N2O2/c11-3-9(17)15-7-1-5(13)8(2-6(7)14)16-10(18)4-12/h1-2H,3-4H2,(H,15,17)(H,16,18). The van der Waals surface area contributed by atoms with Crippen LogP contribution in [0.3, 0.4) is 0 Å². The van der Waals surface area contributed by atoms with Gasteiger partial charge in [0, 0.05) is 0 Å². The molecule has 1 aromatic rings. The number of carbonyl (C=O) groups is 2. The van der Waals surface area contributed by atoms with Crippen LogP contribution in [-0.2, 0) is 9.59 Å². The summed E-state index contributed by atoms with van der Waals surface area (Å²) in [7, 11) is 0. The van der Waals surface area contributed by atoms with E-state index in [0.717, 1.165) is 0 Å². The molecule has 0 saturated heterocycles. The normalized spacial score (nSPS) is 10.0. The Morgan fingerprint density at radius 3 is 1.50 bits per heavy atom. The van der Waals surface area contributed by atoms with Crippen molar-refractivity contribution >= 4 is 69.6 Å². The van der Waals surface area contributed by atoms with Crippen molar-refractivity contribution in [2.75, 3.05) is 22.4 Å². The van der Waals surface area contributed by atoms with E-state index in [4.69, 9.17) is 46.4 Å². The third-order valence-corrected chi connectivity index (χ3v) is 2.96. The van der Waals surface area contributed by atoms with Gasteiger partial charge in [0.1, 0.15) is 11.8 Å². The van der Waals surface area contributed by atoms with Gasteiger partial charge in [-0.05, 0) is 12.1 Å². The molecule has 0 heterocycles. The van der Waals surface area contributed by atoms with Crippen LogP contribution in [0.5, 0.6) is 0 Å². The molecule has 0 fully saturated rings. The van der Waals surface area contributed by atoms with Gasteiger partial charge in [0.15, 0.2) is 0 Å². The number of halogens is 4. The summed E-state index contributed by atoms with van der Waals surface area (Å²) in [6, 6.07) is 2.83. The van der Waals surface area contributed by atoms with E-state index in [1.165, 1.54) is 12.1 Å². The van der Waals surface area contributed by atoms with E-state index in [-0.39, 0.29) is 21.8 Å². The van der Waals surface area contributed by atoms with Crippen molar-refractivity contribution in [1.82, 2.24) is 0 Å². The van der Waals surface area contributed by atoms with Gasteiger partial charge in [-0.25, -0.2) is 0 Å². The number of alkyl halides is 2. The summed E-state index contributed by atoms with van der Waals surface area (Å²) in [5.74, 6) is -1.21. The lowest BCUT2D eigenvalue weighted by molar-refractivity contribution is -0.114. The molecule has 0 bridgehead atoms. The van der Waals surface area contributed by atoms with Crippen LogP contribution >= 0.6 is 46.4 Å². The molecule has 1 rings (SSSR count). The second kappa shape index (κ2) is 7.04. The van der Waals surface area contributed by atoms with E-state index in [0.29, 0.717) is 11.4 Å². The van der Waals surface area contributed by atoms with Gasteiger partial charge in [-0.1, -0.05) is 23.2 Å². The molecule has 0 aromatic heterocycles. The van der Waals surface area contributed by atoms with Crippen molar-refractivity contribution < 1.29 is 9.59 Å². The smallest absolute Gasteiger partial charge is 0.239 e. The highest BCUT2D eigenvalue weighted by Crippen LogP contribution is 2.32. The molecule has 0 radical (unpaired) electrons. The summed E-state index contributed by atoms with van der Waals surface area (Å²) >= 11 is 22.6. The minimum Gasteiger partial charge on any atom is -0.324 e. The van der Waals surface area contributed by atoms with Crippen LogP contribution in [0, 0.1) is 0 Å². The number of amides is 2. The number of hydrogen-bond acceptors (Lipinski definition) is 2. The fraction of sp³-hybridized carbons (Fsp3) is 0.200. The molecule has 98 valence electrons. The van der Waals surface area contributed by atoms with Crippen molar-refractivity contribution in [2.45, 2.75) is 0 Å². The van der Waals surface area contributed by atoms with E-state index in [2.05, 4.69) is 10.6 Å². The zero-order valence-electron chi connectivity index (χ0n) is 8.90. The van der Waals surface area contributed by atoms with Crippen molar-refractivity contribution in [3.63, 3.8) is 0 Å². The minimum atomic E-state index is -0.410. The first kappa shape index (κ1) is 15.4. The predicted octanol–water partition coefficient (Wildman–Crippen LogP) is 3.35. The quantitative estimate of drug-likeness (QED) is 0.832. The Hall–Kier alpha value is -0.680. The molecule has 0 saturated carbocycles. The Morgan fingerprint density at radius 1 is 0.889 bits per heavy atom. The zero-order valence-corrected chi connectivity index (χ0v) is 11.9. The predicted molar refractivity (Wildman–Crippen MR) is 75.2 cm³/mol. The summed E-state index contributed by atoms with van der Waals surface area (Å²) in [5.41, 5.74) is 0.632. The summed E-state index contributed by atoms with van der Waals surface area (Å²) in [6.45, 7) is 0. The largest absolute Gasteiger partial charge is 0.324 e. The Balaban J connectivity index is 2.96. The highest BCUT2D eigenvalue weighted by Gasteiger charge is 2.11. The van der Waals surface area contributed by atoms with Crippen LogP contribution in [0.4, 0.5) is 11.4 Å². The minimum absolute atomic E-state index is 0.196. The van der Waals surface area contributed by atoms with Crippen LogP contribution < -0.4 is 10.6 Å². The van der Waals surface area contributed by atoms with Crippen molar-refractivity contribution in [1.29, 1.82) is 0 Å². The number of hydrogen-bond donors (Lipinski definition) is 2. The topological polar surface area (TPSA) is 58.2 Å². The summed E-state index contributed by atoms with van der Waals surface area (Å²) in [4.78, 5) is 22.2. The molecular formula is C10H8Cl4N2O2. The van der Waals surface area contributed by atoms with E-state index < -0.39 is 11.8 Å². The average Bonchev–Trinajstić information content (AvgIpc) is 2.34. The number of benzene rings is 1. The second-order valence-corrected chi connectivity index (χ2v) is 4.52. The second-order valence-electron chi connectivity index (χ2n) is 3.18. The monoisotopic (exact) mass is 328 g/mol. The van der Waals surface area contributed by atoms with Crippen LogP contribution in [0.15, 0.2) is 12.1 Å². The van der Waals surface area contributed by atoms with Crippen LogP contribution in [0.1, 0.15) is 0 Å². The number of carbonyl (C=O) groups excluding carboxylic acids is 2. The molecule has 0 aliphatic carbocycles. The van der Waals surface area contributed by atoms with Crippen molar-refractivity contribution in [3.8, 4) is 0 Å². The maximum absolute atomic E-state index is 11.1. The SMILES string of the molecule is O=C(CCl)Nc1cc(Cl)c(NC(=O)CCl)cc1Cl. The molecule has 18 heavy (non-hydrogen) atoms. The third-order valence-electron chi connectivity index (χ3n) is 1.85. The molecular weight excluding hydrogens is 322 g/mol. The molecule has 0 aliphatic heterocycles. The Kier molecular flexibility index (Phi) is 6.02. The first-order chi connectivity index (χ1) is 8.47. The molecule has 2 N–H and O–H groups in total. The van der Waals surface area contributed by atoms with Gasteiger partial charge in [0.25, 0.3) is 0 Å². The maximum atomic E-state index is 11.1. The molecule has 2 amide bonds. The van der Waals surface area contributed by atoms with Gasteiger partial charge >= 0.3 is 0 Å². The number of anilines is 2. The van der Waals surface area contributed by atoms with Gasteiger partial charge in [-0.3, -0.25) is 9.59 Å². The molecule has 1 aromatic carbocycles. The molecule has 4 nitrogen and oxygen atoms in total. The fourth-order valence-electron chi connectivity index (χ4n) is 1.11. The molecule has 0 spiro atoms. The highest BCUT2D eigenvalue weighted by molar-refractivity contribution is 6.38. The van der Waals surface area contributed by atoms with Gasteiger partial charge in [-0.15, -0.1) is 23.2 Å². The van der Waals surface area contributed by atoms with E-state index >= 15 is 0 Å². The average molecular weight is 330 g/mol. The lowest BCUT2D eigenvalue weighted by Crippen LogP contribution is -2.15. The first-order valence-corrected chi connectivity index (χ1v) is 6.51. The number of nitrogens with one attached hydrogen (secondary N) is 2. The van der Waals surface area contributed by atoms with Gasteiger partial charge in [0.05, 0.1) is 21.4 Å². The van der Waals surface area contributed by atoms with Crippen LogP contribution in [0.2, 0.25) is 10.0 Å². The lowest BCUT2D eigenvalue weighted by atomic mass is 10.2. The molecule has 0 unspecified atom stereocenters. The Bertz CT molecular complexity index is 435. The summed E-state index contributed by atoms with van der Waals surface area (Å²) in [6.07, 6.45) is 0. The highest BCUT2D eigenvalue weighted by atomic mass is 35.5. The summed E-state index contributed by atoms with van der Waals surface area (Å²) < 4.78 is 0. The van der Waals surface area contributed by atoms with E-state index in [9.17, 15) is 9.59 Å². The third kappa shape index (κ3) is 4.21. The van der Waals surface area contributed by atoms with Gasteiger partial charge < -0.3 is 10.6 Å². The van der Waals surface area contributed by atoms with Crippen LogP contribution in [0.25, 0.3) is 0 Å². The Morgan fingerprint density at radius 2 is 1.22 bits per heavy atom. The molecule has 0 aliphatic rings. The molecule has 8 heteroatoms. The summed E-state index contributed by atoms with van der Waals surface area (Å²) in [5, 5.41) is 5.39. The first-order valence-electron chi connectivity index (χ1n) is 4.68. The van der Waals surface area contributed by atoms with E-state index in [1.807, 2.05) is 0 Å². The fourth-order valence-corrected chi connectivity index (χ4v) is 1.66. The maximum Gasteiger partial charge on any atom is 0.239 e. The van der Waals surface area contributed by atoms with E-state index in [1.54, 1.807) is 0 Å². The van der Waals surface area contributed by atoms with Gasteiger partial charge in [-0.2, -0.15) is 0 Å².